The molecule has 0 bridgehead atoms. The molecule has 1 amide bonds. The van der Waals surface area contributed by atoms with Crippen molar-refractivity contribution < 1.29 is 19.4 Å². The average molecular weight is 251 g/mol. The summed E-state index contributed by atoms with van der Waals surface area (Å²) in [5.74, 6) is 1.47. The SMILES string of the molecule is Cc1cc2c(cc1C(C)(C)CNC(=O)O)OCO2. The molecule has 0 fully saturated rings. The zero-order chi connectivity index (χ0) is 13.3. The van der Waals surface area contributed by atoms with Gasteiger partial charge in [0.1, 0.15) is 0 Å². The van der Waals surface area contributed by atoms with Crippen molar-refractivity contribution in [3.8, 4) is 11.5 Å². The van der Waals surface area contributed by atoms with E-state index < -0.39 is 6.09 Å². The van der Waals surface area contributed by atoms with E-state index in [4.69, 9.17) is 14.6 Å². The Labute approximate surface area is 106 Å². The summed E-state index contributed by atoms with van der Waals surface area (Å²) in [6.45, 7) is 6.57. The van der Waals surface area contributed by atoms with Crippen LogP contribution in [-0.4, -0.2) is 24.5 Å². The maximum absolute atomic E-state index is 10.6. The minimum atomic E-state index is -1.01. The van der Waals surface area contributed by atoms with Crippen LogP contribution in [0.5, 0.6) is 11.5 Å². The Balaban J connectivity index is 2.29. The predicted octanol–water partition coefficient (Wildman–Crippen LogP) is 2.27. The molecule has 0 aromatic heterocycles. The van der Waals surface area contributed by atoms with Gasteiger partial charge in [-0.2, -0.15) is 0 Å². The van der Waals surface area contributed by atoms with Gasteiger partial charge in [-0.3, -0.25) is 0 Å². The lowest BCUT2D eigenvalue weighted by Gasteiger charge is -2.27. The molecule has 1 aromatic rings. The number of ether oxygens (including phenoxy) is 2. The highest BCUT2D eigenvalue weighted by Crippen LogP contribution is 2.38. The van der Waals surface area contributed by atoms with Gasteiger partial charge in [-0.1, -0.05) is 13.8 Å². The molecule has 0 spiro atoms. The minimum absolute atomic E-state index is 0.242. The Bertz CT molecular complexity index is 482. The zero-order valence-corrected chi connectivity index (χ0v) is 10.7. The summed E-state index contributed by atoms with van der Waals surface area (Å²) in [4.78, 5) is 10.6. The number of benzene rings is 1. The number of aryl methyl sites for hydroxylation is 1. The quantitative estimate of drug-likeness (QED) is 0.864. The summed E-state index contributed by atoms with van der Waals surface area (Å²) >= 11 is 0. The lowest BCUT2D eigenvalue weighted by molar-refractivity contribution is 0.174. The average Bonchev–Trinajstić information content (AvgIpc) is 2.72. The normalized spacial score (nSPS) is 13.5. The molecular formula is C13H17NO4. The van der Waals surface area contributed by atoms with E-state index in [9.17, 15) is 4.79 Å². The maximum Gasteiger partial charge on any atom is 0.404 e. The molecule has 0 atom stereocenters. The molecule has 2 rings (SSSR count). The van der Waals surface area contributed by atoms with Crippen LogP contribution in [0.15, 0.2) is 12.1 Å². The fourth-order valence-corrected chi connectivity index (χ4v) is 2.16. The van der Waals surface area contributed by atoms with Crippen LogP contribution < -0.4 is 14.8 Å². The molecule has 98 valence electrons. The number of carboxylic acid groups (broad SMARTS) is 1. The number of hydrogen-bond donors (Lipinski definition) is 2. The number of amides is 1. The highest BCUT2D eigenvalue weighted by Gasteiger charge is 2.26. The van der Waals surface area contributed by atoms with Crippen LogP contribution in [0.4, 0.5) is 4.79 Å². The number of fused-ring (bicyclic) bond motifs is 1. The van der Waals surface area contributed by atoms with Gasteiger partial charge in [-0.15, -0.1) is 0 Å². The van der Waals surface area contributed by atoms with E-state index in [-0.39, 0.29) is 12.2 Å². The summed E-state index contributed by atoms with van der Waals surface area (Å²) < 4.78 is 10.7. The Hall–Kier alpha value is -1.91. The lowest BCUT2D eigenvalue weighted by atomic mass is 9.81. The van der Waals surface area contributed by atoms with Gasteiger partial charge in [-0.05, 0) is 30.2 Å². The molecule has 5 nitrogen and oxygen atoms in total. The summed E-state index contributed by atoms with van der Waals surface area (Å²) in [5, 5.41) is 11.1. The first-order chi connectivity index (χ1) is 8.40. The van der Waals surface area contributed by atoms with E-state index in [1.54, 1.807) is 0 Å². The molecule has 5 heteroatoms. The molecule has 0 radical (unpaired) electrons. The van der Waals surface area contributed by atoms with Crippen molar-refractivity contribution in [3.05, 3.63) is 23.3 Å². The van der Waals surface area contributed by atoms with Crippen molar-refractivity contribution in [3.63, 3.8) is 0 Å². The first kappa shape index (κ1) is 12.5. The molecule has 18 heavy (non-hydrogen) atoms. The van der Waals surface area contributed by atoms with Crippen LogP contribution in [0.3, 0.4) is 0 Å². The van der Waals surface area contributed by atoms with Crippen LogP contribution >= 0.6 is 0 Å². The van der Waals surface area contributed by atoms with Crippen LogP contribution in [0, 0.1) is 6.92 Å². The van der Waals surface area contributed by atoms with Crippen molar-refractivity contribution in [2.24, 2.45) is 0 Å². The number of carbonyl (C=O) groups is 1. The molecule has 1 aliphatic rings. The van der Waals surface area contributed by atoms with Crippen molar-refractivity contribution in [2.75, 3.05) is 13.3 Å². The van der Waals surface area contributed by atoms with E-state index in [2.05, 4.69) is 5.32 Å². The van der Waals surface area contributed by atoms with Crippen LogP contribution in [-0.2, 0) is 5.41 Å². The van der Waals surface area contributed by atoms with Gasteiger partial charge in [-0.25, -0.2) is 4.79 Å². The third-order valence-electron chi connectivity index (χ3n) is 3.13. The highest BCUT2D eigenvalue weighted by atomic mass is 16.7. The summed E-state index contributed by atoms with van der Waals surface area (Å²) in [5.41, 5.74) is 1.82. The van der Waals surface area contributed by atoms with Gasteiger partial charge in [0.25, 0.3) is 0 Å². The Kier molecular flexibility index (Phi) is 3.07. The van der Waals surface area contributed by atoms with Crippen LogP contribution in [0.1, 0.15) is 25.0 Å². The highest BCUT2D eigenvalue weighted by molar-refractivity contribution is 5.64. The van der Waals surface area contributed by atoms with Crippen LogP contribution in [0.2, 0.25) is 0 Å². The first-order valence-corrected chi connectivity index (χ1v) is 5.78. The van der Waals surface area contributed by atoms with Crippen molar-refractivity contribution >= 4 is 6.09 Å². The van der Waals surface area contributed by atoms with E-state index >= 15 is 0 Å². The molecule has 0 unspecified atom stereocenters. The summed E-state index contributed by atoms with van der Waals surface area (Å²) in [6, 6.07) is 3.86. The smallest absolute Gasteiger partial charge is 0.404 e. The van der Waals surface area contributed by atoms with Gasteiger partial charge in [0.05, 0.1) is 0 Å². The fourth-order valence-electron chi connectivity index (χ4n) is 2.16. The monoisotopic (exact) mass is 251 g/mol. The minimum Gasteiger partial charge on any atom is -0.465 e. The third kappa shape index (κ3) is 2.34. The second-order valence-electron chi connectivity index (χ2n) is 5.06. The predicted molar refractivity (Wildman–Crippen MR) is 66.4 cm³/mol. The van der Waals surface area contributed by atoms with Crippen molar-refractivity contribution in [2.45, 2.75) is 26.2 Å². The van der Waals surface area contributed by atoms with Gasteiger partial charge < -0.3 is 19.9 Å². The number of nitrogens with one attached hydrogen (secondary N) is 1. The molecular weight excluding hydrogens is 234 g/mol. The molecule has 1 aliphatic heterocycles. The van der Waals surface area contributed by atoms with Crippen molar-refractivity contribution in [1.82, 2.24) is 5.32 Å². The maximum atomic E-state index is 10.6. The summed E-state index contributed by atoms with van der Waals surface area (Å²) in [6.07, 6.45) is -1.01. The standard InChI is InChI=1S/C13H17NO4/c1-8-4-10-11(18-7-17-10)5-9(8)13(2,3)6-14-12(15)16/h4-5,14H,6-7H2,1-3H3,(H,15,16). The van der Waals surface area contributed by atoms with E-state index in [1.165, 1.54) is 0 Å². The van der Waals surface area contributed by atoms with Gasteiger partial charge in [0.15, 0.2) is 11.5 Å². The Morgan fingerprint density at radius 1 is 1.39 bits per heavy atom. The van der Waals surface area contributed by atoms with E-state index in [1.807, 2.05) is 32.9 Å². The number of rotatable bonds is 3. The molecule has 1 aromatic carbocycles. The van der Waals surface area contributed by atoms with Gasteiger partial charge in [0, 0.05) is 12.0 Å². The lowest BCUT2D eigenvalue weighted by Crippen LogP contribution is -2.36. The second kappa shape index (κ2) is 4.40. The third-order valence-corrected chi connectivity index (χ3v) is 3.13. The molecule has 0 saturated carbocycles. The second-order valence-corrected chi connectivity index (χ2v) is 5.06. The van der Waals surface area contributed by atoms with Crippen LogP contribution in [0.25, 0.3) is 0 Å². The first-order valence-electron chi connectivity index (χ1n) is 5.78. The fraction of sp³-hybridized carbons (Fsp3) is 0.462. The van der Waals surface area contributed by atoms with Gasteiger partial charge in [0.2, 0.25) is 6.79 Å². The largest absolute Gasteiger partial charge is 0.465 e. The van der Waals surface area contributed by atoms with E-state index in [0.29, 0.717) is 6.54 Å². The van der Waals surface area contributed by atoms with Crippen molar-refractivity contribution in [1.29, 1.82) is 0 Å². The topological polar surface area (TPSA) is 67.8 Å². The molecule has 0 saturated heterocycles. The molecule has 2 N–H and O–H groups in total. The number of hydrogen-bond acceptors (Lipinski definition) is 3. The summed E-state index contributed by atoms with van der Waals surface area (Å²) in [7, 11) is 0. The Morgan fingerprint density at radius 2 is 2.00 bits per heavy atom. The van der Waals surface area contributed by atoms with Gasteiger partial charge >= 0.3 is 6.09 Å². The van der Waals surface area contributed by atoms with E-state index in [0.717, 1.165) is 22.6 Å². The Morgan fingerprint density at radius 3 is 2.61 bits per heavy atom. The zero-order valence-electron chi connectivity index (χ0n) is 10.7. The molecule has 1 heterocycles. The molecule has 0 aliphatic carbocycles.